The Hall–Kier alpha value is -2.44. The number of methoxy groups -OCH3 is 1. The first-order valence-corrected chi connectivity index (χ1v) is 8.63. The van der Waals surface area contributed by atoms with Crippen LogP contribution in [0.3, 0.4) is 0 Å². The quantitative estimate of drug-likeness (QED) is 0.773. The number of hydrogen-bond acceptors (Lipinski definition) is 5. The molecule has 0 fully saturated rings. The molecule has 1 aliphatic heterocycles. The van der Waals surface area contributed by atoms with Crippen molar-refractivity contribution >= 4 is 16.9 Å². The molecule has 1 aliphatic rings. The first-order valence-electron chi connectivity index (χ1n) is 8.63. The summed E-state index contributed by atoms with van der Waals surface area (Å²) < 4.78 is 7.53. The Morgan fingerprint density at radius 1 is 1.28 bits per heavy atom. The number of para-hydroxylation sites is 1. The molecule has 0 saturated heterocycles. The van der Waals surface area contributed by atoms with Gasteiger partial charge in [-0.15, -0.1) is 0 Å². The van der Waals surface area contributed by atoms with Crippen molar-refractivity contribution in [1.29, 1.82) is 0 Å². The molecule has 3 aromatic rings. The fourth-order valence-electron chi connectivity index (χ4n) is 3.59. The predicted octanol–water partition coefficient (Wildman–Crippen LogP) is 2.22. The number of fused-ring (bicyclic) bond motifs is 2. The van der Waals surface area contributed by atoms with Crippen LogP contribution in [0.5, 0.6) is 0 Å². The summed E-state index contributed by atoms with van der Waals surface area (Å²) in [4.78, 5) is 11.0. The van der Waals surface area contributed by atoms with Crippen molar-refractivity contribution in [3.63, 3.8) is 0 Å². The van der Waals surface area contributed by atoms with Crippen LogP contribution in [0.1, 0.15) is 16.8 Å². The van der Waals surface area contributed by atoms with E-state index >= 15 is 0 Å². The Bertz CT molecular complexity index is 889. The van der Waals surface area contributed by atoms with Gasteiger partial charge in [-0.25, -0.2) is 9.97 Å². The van der Waals surface area contributed by atoms with Crippen molar-refractivity contribution < 1.29 is 4.74 Å². The second-order valence-corrected chi connectivity index (χ2v) is 6.52. The van der Waals surface area contributed by atoms with Gasteiger partial charge in [-0.1, -0.05) is 18.2 Å². The lowest BCUT2D eigenvalue weighted by Crippen LogP contribution is -2.31. The highest BCUT2D eigenvalue weighted by Crippen LogP contribution is 2.25. The normalized spacial score (nSPS) is 14.8. The fraction of sp³-hybridized carbons (Fsp3) is 0.368. The van der Waals surface area contributed by atoms with Gasteiger partial charge in [0.05, 0.1) is 12.3 Å². The number of nitrogens with zero attached hydrogens (tertiary/aromatic N) is 4. The SMILES string of the molecule is COCCn1cc(CN2CCc3nc(N)ncc3C2)c2ccccc21. The zero-order valence-electron chi connectivity index (χ0n) is 14.5. The Kier molecular flexibility index (Phi) is 4.38. The zero-order chi connectivity index (χ0) is 17.2. The number of ether oxygens (including phenoxy) is 1. The molecule has 0 unspecified atom stereocenters. The average molecular weight is 337 g/mol. The predicted molar refractivity (Wildman–Crippen MR) is 98.1 cm³/mol. The first-order chi connectivity index (χ1) is 12.2. The monoisotopic (exact) mass is 337 g/mol. The summed E-state index contributed by atoms with van der Waals surface area (Å²) in [6, 6.07) is 8.58. The van der Waals surface area contributed by atoms with E-state index in [0.717, 1.165) is 38.3 Å². The van der Waals surface area contributed by atoms with Crippen molar-refractivity contribution in [3.8, 4) is 0 Å². The van der Waals surface area contributed by atoms with Gasteiger partial charge < -0.3 is 15.0 Å². The maximum Gasteiger partial charge on any atom is 0.220 e. The minimum atomic E-state index is 0.369. The number of nitrogens with two attached hydrogens (primary N) is 1. The summed E-state index contributed by atoms with van der Waals surface area (Å²) in [5.74, 6) is 0.369. The second kappa shape index (κ2) is 6.82. The molecular weight excluding hydrogens is 314 g/mol. The molecule has 3 heterocycles. The Morgan fingerprint density at radius 2 is 2.16 bits per heavy atom. The van der Waals surface area contributed by atoms with E-state index in [0.29, 0.717) is 12.6 Å². The number of benzene rings is 1. The average Bonchev–Trinajstić information content (AvgIpc) is 2.98. The number of anilines is 1. The highest BCUT2D eigenvalue weighted by atomic mass is 16.5. The third kappa shape index (κ3) is 3.23. The third-order valence-electron chi connectivity index (χ3n) is 4.83. The van der Waals surface area contributed by atoms with Gasteiger partial charge >= 0.3 is 0 Å². The molecule has 6 nitrogen and oxygen atoms in total. The van der Waals surface area contributed by atoms with E-state index in [1.807, 2.05) is 6.20 Å². The summed E-state index contributed by atoms with van der Waals surface area (Å²) in [7, 11) is 1.74. The molecule has 4 rings (SSSR count). The largest absolute Gasteiger partial charge is 0.383 e. The molecule has 0 saturated carbocycles. The lowest BCUT2D eigenvalue weighted by Gasteiger charge is -2.27. The van der Waals surface area contributed by atoms with Gasteiger partial charge in [-0.05, 0) is 11.6 Å². The van der Waals surface area contributed by atoms with E-state index in [4.69, 9.17) is 10.5 Å². The first kappa shape index (κ1) is 16.1. The van der Waals surface area contributed by atoms with Gasteiger partial charge in [0.15, 0.2) is 0 Å². The molecule has 0 spiro atoms. The van der Waals surface area contributed by atoms with Crippen LogP contribution in [0.25, 0.3) is 10.9 Å². The molecule has 6 heteroatoms. The summed E-state index contributed by atoms with van der Waals surface area (Å²) in [5.41, 5.74) is 10.6. The highest BCUT2D eigenvalue weighted by Gasteiger charge is 2.19. The van der Waals surface area contributed by atoms with Crippen molar-refractivity contribution in [1.82, 2.24) is 19.4 Å². The smallest absolute Gasteiger partial charge is 0.220 e. The van der Waals surface area contributed by atoms with E-state index in [1.165, 1.54) is 22.0 Å². The minimum absolute atomic E-state index is 0.369. The van der Waals surface area contributed by atoms with Crippen molar-refractivity contribution in [2.75, 3.05) is 26.0 Å². The van der Waals surface area contributed by atoms with Crippen LogP contribution in [0, 0.1) is 0 Å². The second-order valence-electron chi connectivity index (χ2n) is 6.52. The summed E-state index contributed by atoms with van der Waals surface area (Å²) in [6.45, 7) is 4.36. The van der Waals surface area contributed by atoms with E-state index in [9.17, 15) is 0 Å². The number of nitrogen functional groups attached to an aromatic ring is 1. The summed E-state index contributed by atoms with van der Waals surface area (Å²) >= 11 is 0. The molecule has 0 aliphatic carbocycles. The van der Waals surface area contributed by atoms with Gasteiger partial charge in [0.2, 0.25) is 5.95 Å². The van der Waals surface area contributed by atoms with Crippen molar-refractivity contribution in [2.45, 2.75) is 26.1 Å². The molecule has 25 heavy (non-hydrogen) atoms. The van der Waals surface area contributed by atoms with E-state index in [1.54, 1.807) is 7.11 Å². The summed E-state index contributed by atoms with van der Waals surface area (Å²) in [5, 5.41) is 1.32. The zero-order valence-corrected chi connectivity index (χ0v) is 14.5. The molecule has 2 aromatic heterocycles. The maximum absolute atomic E-state index is 5.70. The van der Waals surface area contributed by atoms with Crippen LogP contribution in [0.15, 0.2) is 36.7 Å². The molecular formula is C19H23N5O. The van der Waals surface area contributed by atoms with Crippen molar-refractivity contribution in [2.24, 2.45) is 0 Å². The fourth-order valence-corrected chi connectivity index (χ4v) is 3.59. The standard InChI is InChI=1S/C19H23N5O/c1-25-9-8-24-13-15(16-4-2-3-5-18(16)24)12-23-7-6-17-14(11-23)10-21-19(20)22-17/h2-5,10,13H,6-9,11-12H2,1H3,(H2,20,21,22). The van der Waals surface area contributed by atoms with Crippen LogP contribution in [-0.2, 0) is 30.8 Å². The molecule has 130 valence electrons. The molecule has 0 radical (unpaired) electrons. The van der Waals surface area contributed by atoms with Gasteiger partial charge in [0, 0.05) is 68.6 Å². The Balaban J connectivity index is 1.58. The van der Waals surface area contributed by atoms with Crippen LogP contribution in [0.4, 0.5) is 5.95 Å². The van der Waals surface area contributed by atoms with Crippen LogP contribution in [0.2, 0.25) is 0 Å². The lowest BCUT2D eigenvalue weighted by atomic mass is 10.1. The van der Waals surface area contributed by atoms with Gasteiger partial charge in [0.1, 0.15) is 0 Å². The maximum atomic E-state index is 5.70. The Morgan fingerprint density at radius 3 is 3.04 bits per heavy atom. The van der Waals surface area contributed by atoms with E-state index in [-0.39, 0.29) is 0 Å². The van der Waals surface area contributed by atoms with Crippen molar-refractivity contribution in [3.05, 3.63) is 53.5 Å². The number of aromatic nitrogens is 3. The van der Waals surface area contributed by atoms with Gasteiger partial charge in [-0.3, -0.25) is 4.90 Å². The topological polar surface area (TPSA) is 69.2 Å². The van der Waals surface area contributed by atoms with Crippen LogP contribution < -0.4 is 5.73 Å². The minimum Gasteiger partial charge on any atom is -0.383 e. The van der Waals surface area contributed by atoms with Gasteiger partial charge in [-0.2, -0.15) is 0 Å². The number of hydrogen-bond donors (Lipinski definition) is 1. The van der Waals surface area contributed by atoms with Crippen LogP contribution >= 0.6 is 0 Å². The van der Waals surface area contributed by atoms with E-state index in [2.05, 4.69) is 49.9 Å². The third-order valence-corrected chi connectivity index (χ3v) is 4.83. The number of rotatable bonds is 5. The highest BCUT2D eigenvalue weighted by molar-refractivity contribution is 5.83. The molecule has 1 aromatic carbocycles. The molecule has 0 atom stereocenters. The molecule has 2 N–H and O–H groups in total. The Labute approximate surface area is 147 Å². The summed E-state index contributed by atoms with van der Waals surface area (Å²) in [6.07, 6.45) is 5.05. The van der Waals surface area contributed by atoms with Crippen LogP contribution in [-0.4, -0.2) is 39.7 Å². The van der Waals surface area contributed by atoms with Gasteiger partial charge in [0.25, 0.3) is 0 Å². The molecule has 0 amide bonds. The van der Waals surface area contributed by atoms with E-state index < -0.39 is 0 Å². The lowest BCUT2D eigenvalue weighted by molar-refractivity contribution is 0.188. The molecule has 0 bridgehead atoms.